The standard InChI is InChI=1S/C16H14N2O3S/c19-16(13-3-1-7-20-13)18(12-5-6-12)10-11-9-14(21-17-11)15-4-2-8-22-15/h1-4,7-9,12H,5-6,10H2. The van der Waals surface area contributed by atoms with Crippen LogP contribution >= 0.6 is 11.3 Å². The molecule has 0 aromatic carbocycles. The van der Waals surface area contributed by atoms with E-state index in [9.17, 15) is 4.79 Å². The third kappa shape index (κ3) is 2.57. The van der Waals surface area contributed by atoms with E-state index in [4.69, 9.17) is 8.94 Å². The summed E-state index contributed by atoms with van der Waals surface area (Å²) in [6.45, 7) is 0.444. The van der Waals surface area contributed by atoms with Crippen LogP contribution in [-0.4, -0.2) is 22.0 Å². The van der Waals surface area contributed by atoms with Crippen molar-refractivity contribution in [2.45, 2.75) is 25.4 Å². The average molecular weight is 314 g/mol. The largest absolute Gasteiger partial charge is 0.459 e. The summed E-state index contributed by atoms with van der Waals surface area (Å²) >= 11 is 1.60. The third-order valence-corrected chi connectivity index (χ3v) is 4.52. The lowest BCUT2D eigenvalue weighted by Crippen LogP contribution is -2.32. The van der Waals surface area contributed by atoms with E-state index in [1.165, 1.54) is 6.26 Å². The van der Waals surface area contributed by atoms with Crippen molar-refractivity contribution in [3.63, 3.8) is 0 Å². The number of aromatic nitrogens is 1. The van der Waals surface area contributed by atoms with Crippen LogP contribution in [0.25, 0.3) is 10.6 Å². The minimum absolute atomic E-state index is 0.0897. The summed E-state index contributed by atoms with van der Waals surface area (Å²) in [7, 11) is 0. The van der Waals surface area contributed by atoms with E-state index in [1.807, 2.05) is 28.5 Å². The molecule has 5 nitrogen and oxygen atoms in total. The van der Waals surface area contributed by atoms with Gasteiger partial charge in [-0.1, -0.05) is 11.2 Å². The first-order valence-corrected chi connectivity index (χ1v) is 8.03. The lowest BCUT2D eigenvalue weighted by atomic mass is 10.3. The molecule has 0 spiro atoms. The zero-order chi connectivity index (χ0) is 14.9. The van der Waals surface area contributed by atoms with Crippen molar-refractivity contribution in [1.82, 2.24) is 10.1 Å². The van der Waals surface area contributed by atoms with Crippen molar-refractivity contribution in [2.75, 3.05) is 0 Å². The number of carbonyl (C=O) groups excluding carboxylic acids is 1. The summed E-state index contributed by atoms with van der Waals surface area (Å²) in [5.74, 6) is 1.02. The molecule has 1 amide bonds. The number of furan rings is 1. The van der Waals surface area contributed by atoms with Crippen LogP contribution in [0.5, 0.6) is 0 Å². The quantitative estimate of drug-likeness (QED) is 0.718. The molecule has 0 bridgehead atoms. The summed E-state index contributed by atoms with van der Waals surface area (Å²) in [4.78, 5) is 15.4. The van der Waals surface area contributed by atoms with Crippen LogP contribution in [-0.2, 0) is 6.54 Å². The van der Waals surface area contributed by atoms with Crippen molar-refractivity contribution < 1.29 is 13.7 Å². The highest BCUT2D eigenvalue weighted by molar-refractivity contribution is 7.13. The smallest absolute Gasteiger partial charge is 0.290 e. The van der Waals surface area contributed by atoms with Gasteiger partial charge >= 0.3 is 0 Å². The van der Waals surface area contributed by atoms with Gasteiger partial charge in [0.25, 0.3) is 5.91 Å². The number of thiophene rings is 1. The van der Waals surface area contributed by atoms with Crippen molar-refractivity contribution in [3.05, 3.63) is 53.4 Å². The Morgan fingerprint density at radius 2 is 2.27 bits per heavy atom. The molecule has 0 N–H and O–H groups in total. The van der Waals surface area contributed by atoms with Gasteiger partial charge in [0.15, 0.2) is 11.5 Å². The number of amides is 1. The Morgan fingerprint density at radius 3 is 2.95 bits per heavy atom. The van der Waals surface area contributed by atoms with Crippen LogP contribution < -0.4 is 0 Å². The van der Waals surface area contributed by atoms with Gasteiger partial charge in [-0.2, -0.15) is 0 Å². The minimum Gasteiger partial charge on any atom is -0.459 e. The van der Waals surface area contributed by atoms with Gasteiger partial charge < -0.3 is 13.8 Å². The Balaban J connectivity index is 1.54. The van der Waals surface area contributed by atoms with E-state index in [2.05, 4.69) is 5.16 Å². The van der Waals surface area contributed by atoms with E-state index in [0.29, 0.717) is 12.3 Å². The highest BCUT2D eigenvalue weighted by atomic mass is 32.1. The first-order chi connectivity index (χ1) is 10.8. The second-order valence-corrected chi connectivity index (χ2v) is 6.25. The van der Waals surface area contributed by atoms with Gasteiger partial charge in [-0.3, -0.25) is 4.79 Å². The van der Waals surface area contributed by atoms with E-state index in [0.717, 1.165) is 29.2 Å². The van der Waals surface area contributed by atoms with Crippen molar-refractivity contribution in [3.8, 4) is 10.6 Å². The summed E-state index contributed by atoms with van der Waals surface area (Å²) in [6.07, 6.45) is 3.58. The van der Waals surface area contributed by atoms with Crippen molar-refractivity contribution in [1.29, 1.82) is 0 Å². The molecule has 0 atom stereocenters. The number of hydrogen-bond acceptors (Lipinski definition) is 5. The molecule has 6 heteroatoms. The molecule has 3 heterocycles. The molecule has 4 rings (SSSR count). The van der Waals surface area contributed by atoms with Crippen LogP contribution in [0, 0.1) is 0 Å². The minimum atomic E-state index is -0.0897. The fourth-order valence-electron chi connectivity index (χ4n) is 2.39. The fraction of sp³-hybridized carbons (Fsp3) is 0.250. The maximum absolute atomic E-state index is 12.5. The molecule has 112 valence electrons. The van der Waals surface area contributed by atoms with E-state index in [-0.39, 0.29) is 11.9 Å². The molecule has 22 heavy (non-hydrogen) atoms. The molecule has 3 aromatic rings. The monoisotopic (exact) mass is 314 g/mol. The van der Waals surface area contributed by atoms with E-state index >= 15 is 0 Å². The van der Waals surface area contributed by atoms with E-state index < -0.39 is 0 Å². The Morgan fingerprint density at radius 1 is 1.36 bits per heavy atom. The number of rotatable bonds is 5. The molecule has 1 aliphatic rings. The van der Waals surface area contributed by atoms with Crippen LogP contribution in [0.4, 0.5) is 0 Å². The highest BCUT2D eigenvalue weighted by Crippen LogP contribution is 2.31. The van der Waals surface area contributed by atoms with Gasteiger partial charge in [0.2, 0.25) is 0 Å². The SMILES string of the molecule is O=C(c1ccco1)N(Cc1cc(-c2cccs2)on1)C1CC1. The summed E-state index contributed by atoms with van der Waals surface area (Å²) in [5, 5.41) is 6.09. The molecular weight excluding hydrogens is 300 g/mol. The van der Waals surface area contributed by atoms with Gasteiger partial charge in [-0.25, -0.2) is 0 Å². The lowest BCUT2D eigenvalue weighted by molar-refractivity contribution is 0.0693. The molecule has 1 saturated carbocycles. The third-order valence-electron chi connectivity index (χ3n) is 3.64. The van der Waals surface area contributed by atoms with Crippen LogP contribution in [0.2, 0.25) is 0 Å². The Labute approximate surface area is 131 Å². The first kappa shape index (κ1) is 13.3. The van der Waals surface area contributed by atoms with Crippen LogP contribution in [0.3, 0.4) is 0 Å². The zero-order valence-corrected chi connectivity index (χ0v) is 12.6. The molecule has 1 aliphatic carbocycles. The normalized spacial score (nSPS) is 14.2. The maximum atomic E-state index is 12.5. The lowest BCUT2D eigenvalue weighted by Gasteiger charge is -2.19. The first-order valence-electron chi connectivity index (χ1n) is 7.15. The second kappa shape index (κ2) is 5.46. The van der Waals surface area contributed by atoms with Crippen molar-refractivity contribution >= 4 is 17.2 Å². The van der Waals surface area contributed by atoms with Gasteiger partial charge in [-0.05, 0) is 36.4 Å². The molecule has 1 fully saturated rings. The predicted molar refractivity (Wildman–Crippen MR) is 81.4 cm³/mol. The summed E-state index contributed by atoms with van der Waals surface area (Å²) in [6, 6.07) is 9.55. The van der Waals surface area contributed by atoms with Crippen LogP contribution in [0.1, 0.15) is 29.1 Å². The molecule has 0 aliphatic heterocycles. The summed E-state index contributed by atoms with van der Waals surface area (Å²) < 4.78 is 10.6. The van der Waals surface area contributed by atoms with Crippen molar-refractivity contribution in [2.24, 2.45) is 0 Å². The highest BCUT2D eigenvalue weighted by Gasteiger charge is 2.34. The average Bonchev–Trinajstić information content (AvgIpc) is 3.01. The zero-order valence-electron chi connectivity index (χ0n) is 11.8. The van der Waals surface area contributed by atoms with Gasteiger partial charge in [0.1, 0.15) is 5.69 Å². The predicted octanol–water partition coefficient (Wildman–Crippen LogP) is 3.80. The molecule has 0 unspecified atom stereocenters. The maximum Gasteiger partial charge on any atom is 0.290 e. The Hall–Kier alpha value is -2.34. The molecule has 0 saturated heterocycles. The topological polar surface area (TPSA) is 59.5 Å². The second-order valence-electron chi connectivity index (χ2n) is 5.30. The van der Waals surface area contributed by atoms with Gasteiger partial charge in [0, 0.05) is 12.1 Å². The number of hydrogen-bond donors (Lipinski definition) is 0. The summed E-state index contributed by atoms with van der Waals surface area (Å²) in [5.41, 5.74) is 0.759. The fourth-order valence-corrected chi connectivity index (χ4v) is 3.06. The van der Waals surface area contributed by atoms with Gasteiger partial charge in [-0.15, -0.1) is 11.3 Å². The van der Waals surface area contributed by atoms with Gasteiger partial charge in [0.05, 0.1) is 17.7 Å². The van der Waals surface area contributed by atoms with E-state index in [1.54, 1.807) is 23.5 Å². The Kier molecular flexibility index (Phi) is 3.31. The molecular formula is C16H14N2O3S. The number of carbonyl (C=O) groups is 1. The Bertz CT molecular complexity index is 757. The molecule has 0 radical (unpaired) electrons. The van der Waals surface area contributed by atoms with Crippen LogP contribution in [0.15, 0.2) is 50.9 Å². The number of nitrogens with zero attached hydrogens (tertiary/aromatic N) is 2. The molecule has 3 aromatic heterocycles.